The van der Waals surface area contributed by atoms with Gasteiger partial charge in [-0.2, -0.15) is 0 Å². The highest BCUT2D eigenvalue weighted by Gasteiger charge is 2.30. The Morgan fingerprint density at radius 2 is 1.82 bits per heavy atom. The number of carbonyl (C=O) groups is 1. The predicted molar refractivity (Wildman–Crippen MR) is 105 cm³/mol. The van der Waals surface area contributed by atoms with E-state index in [0.717, 1.165) is 5.56 Å². The van der Waals surface area contributed by atoms with Crippen LogP contribution in [-0.4, -0.2) is 23.1 Å². The van der Waals surface area contributed by atoms with Gasteiger partial charge in [0.15, 0.2) is 11.5 Å². The molecule has 0 unspecified atom stereocenters. The van der Waals surface area contributed by atoms with Gasteiger partial charge in [-0.1, -0.05) is 18.2 Å². The average Bonchev–Trinajstić information content (AvgIpc) is 3.13. The number of ether oxygens (including phenoxy) is 2. The molecule has 28 heavy (non-hydrogen) atoms. The van der Waals surface area contributed by atoms with E-state index >= 15 is 0 Å². The third kappa shape index (κ3) is 3.22. The first-order chi connectivity index (χ1) is 13.3. The number of benzene rings is 2. The summed E-state index contributed by atoms with van der Waals surface area (Å²) in [6.07, 6.45) is 1.26. The van der Waals surface area contributed by atoms with Gasteiger partial charge in [0.1, 0.15) is 17.4 Å². The van der Waals surface area contributed by atoms with E-state index < -0.39 is 5.54 Å². The second-order valence-corrected chi connectivity index (χ2v) is 7.72. The van der Waals surface area contributed by atoms with Crippen molar-refractivity contribution in [3.63, 3.8) is 0 Å². The van der Waals surface area contributed by atoms with Crippen LogP contribution < -0.4 is 14.9 Å². The molecule has 1 aliphatic rings. The fourth-order valence-corrected chi connectivity index (χ4v) is 3.21. The number of para-hydroxylation sites is 1. The number of fused-ring (bicyclic) bond motifs is 2. The minimum absolute atomic E-state index is 0.0226. The lowest BCUT2D eigenvalue weighted by Gasteiger charge is -2.35. The number of rotatable bonds is 3. The van der Waals surface area contributed by atoms with Crippen LogP contribution in [0.3, 0.4) is 0 Å². The molecule has 0 saturated heterocycles. The summed E-state index contributed by atoms with van der Waals surface area (Å²) in [5.74, 6) is 0.973. The molecule has 1 amide bonds. The van der Waals surface area contributed by atoms with Crippen molar-refractivity contribution < 1.29 is 18.7 Å². The quantitative estimate of drug-likeness (QED) is 0.689. The molecule has 0 bridgehead atoms. The summed E-state index contributed by atoms with van der Waals surface area (Å²) >= 11 is 0. The molecule has 1 aromatic heterocycles. The number of nitrogens with zero attached hydrogens (tertiary/aromatic N) is 1. The summed E-state index contributed by atoms with van der Waals surface area (Å²) in [7, 11) is 0. The first-order valence-corrected chi connectivity index (χ1v) is 9.05. The average molecular weight is 379 g/mol. The minimum Gasteiger partial charge on any atom is -0.463 e. The molecule has 0 saturated carbocycles. The van der Waals surface area contributed by atoms with Gasteiger partial charge in [0.25, 0.3) is 5.91 Å². The van der Waals surface area contributed by atoms with Crippen molar-refractivity contribution >= 4 is 16.9 Å². The first-order valence-electron chi connectivity index (χ1n) is 9.05. The molecule has 0 radical (unpaired) electrons. The van der Waals surface area contributed by atoms with Crippen LogP contribution in [-0.2, 0) is 6.54 Å². The van der Waals surface area contributed by atoms with Crippen molar-refractivity contribution in [3.8, 4) is 11.5 Å². The maximum atomic E-state index is 13.3. The van der Waals surface area contributed by atoms with Crippen molar-refractivity contribution in [1.82, 2.24) is 4.90 Å². The lowest BCUT2D eigenvalue weighted by Crippen LogP contribution is -2.46. The molecule has 0 fully saturated rings. The van der Waals surface area contributed by atoms with Gasteiger partial charge in [-0.15, -0.1) is 0 Å². The summed E-state index contributed by atoms with van der Waals surface area (Å²) in [4.78, 5) is 27.8. The van der Waals surface area contributed by atoms with Crippen LogP contribution in [0.1, 0.15) is 36.7 Å². The van der Waals surface area contributed by atoms with E-state index in [-0.39, 0.29) is 23.7 Å². The van der Waals surface area contributed by atoms with Crippen LogP contribution in [0.15, 0.2) is 57.9 Å². The molecule has 144 valence electrons. The van der Waals surface area contributed by atoms with Crippen LogP contribution in [0.2, 0.25) is 0 Å². The van der Waals surface area contributed by atoms with E-state index in [4.69, 9.17) is 13.9 Å². The van der Waals surface area contributed by atoms with Gasteiger partial charge in [-0.05, 0) is 50.6 Å². The Balaban J connectivity index is 1.71. The molecule has 0 atom stereocenters. The van der Waals surface area contributed by atoms with Crippen molar-refractivity contribution in [2.24, 2.45) is 0 Å². The Bertz CT molecular complexity index is 1110. The van der Waals surface area contributed by atoms with E-state index in [1.165, 1.54) is 6.26 Å². The van der Waals surface area contributed by atoms with E-state index in [1.807, 2.05) is 39.0 Å². The summed E-state index contributed by atoms with van der Waals surface area (Å²) in [5, 5.41) is 0.394. The third-order valence-corrected chi connectivity index (χ3v) is 4.74. The molecule has 1 aliphatic heterocycles. The van der Waals surface area contributed by atoms with Gasteiger partial charge in [0.2, 0.25) is 12.2 Å². The van der Waals surface area contributed by atoms with Gasteiger partial charge in [-0.25, -0.2) is 0 Å². The fraction of sp³-hybridized carbons (Fsp3) is 0.273. The normalized spacial score (nSPS) is 13.0. The molecule has 3 aromatic rings. The standard InChI is InChI=1S/C22H21NO5/c1-22(2,3)23(11-14-8-9-18-19(10-14)28-13-27-18)21(25)16-12-26-17-7-5-4-6-15(17)20(16)24/h4-10,12H,11,13H2,1-3H3. The summed E-state index contributed by atoms with van der Waals surface area (Å²) in [6, 6.07) is 12.5. The topological polar surface area (TPSA) is 69.0 Å². The van der Waals surface area contributed by atoms with Crippen LogP contribution in [0.25, 0.3) is 11.0 Å². The third-order valence-electron chi connectivity index (χ3n) is 4.74. The Kier molecular flexibility index (Phi) is 4.34. The molecule has 0 spiro atoms. The van der Waals surface area contributed by atoms with Crippen LogP contribution in [0, 0.1) is 0 Å². The molecule has 0 aliphatic carbocycles. The Labute approximate surface area is 162 Å². The summed E-state index contributed by atoms with van der Waals surface area (Å²) in [5.41, 5.74) is 0.534. The number of amides is 1. The highest BCUT2D eigenvalue weighted by atomic mass is 16.7. The van der Waals surface area contributed by atoms with E-state index in [2.05, 4.69) is 0 Å². The zero-order valence-corrected chi connectivity index (χ0v) is 16.0. The van der Waals surface area contributed by atoms with Gasteiger partial charge >= 0.3 is 0 Å². The fourth-order valence-electron chi connectivity index (χ4n) is 3.21. The van der Waals surface area contributed by atoms with Crippen molar-refractivity contribution in [2.75, 3.05) is 6.79 Å². The van der Waals surface area contributed by atoms with Gasteiger partial charge in [0, 0.05) is 12.1 Å². The molecule has 2 heterocycles. The maximum Gasteiger partial charge on any atom is 0.261 e. The molecule has 2 aromatic carbocycles. The van der Waals surface area contributed by atoms with Crippen LogP contribution >= 0.6 is 0 Å². The van der Waals surface area contributed by atoms with Crippen molar-refractivity contribution in [2.45, 2.75) is 32.9 Å². The minimum atomic E-state index is -0.508. The van der Waals surface area contributed by atoms with E-state index in [1.54, 1.807) is 29.2 Å². The highest BCUT2D eigenvalue weighted by molar-refractivity contribution is 5.97. The molecule has 4 rings (SSSR count). The largest absolute Gasteiger partial charge is 0.463 e. The first kappa shape index (κ1) is 18.1. The van der Waals surface area contributed by atoms with Gasteiger partial charge in [0.05, 0.1) is 5.39 Å². The lowest BCUT2D eigenvalue weighted by atomic mass is 10.0. The molecular formula is C22H21NO5. The Hall–Kier alpha value is -3.28. The molecule has 6 nitrogen and oxygen atoms in total. The maximum absolute atomic E-state index is 13.3. The number of hydrogen-bond acceptors (Lipinski definition) is 5. The van der Waals surface area contributed by atoms with Gasteiger partial charge < -0.3 is 18.8 Å². The monoisotopic (exact) mass is 379 g/mol. The van der Waals surface area contributed by atoms with Crippen molar-refractivity contribution in [3.05, 3.63) is 70.1 Å². The van der Waals surface area contributed by atoms with Crippen LogP contribution in [0.4, 0.5) is 0 Å². The smallest absolute Gasteiger partial charge is 0.261 e. The molecule has 0 N–H and O–H groups in total. The second kappa shape index (κ2) is 6.71. The number of hydrogen-bond donors (Lipinski definition) is 0. The van der Waals surface area contributed by atoms with E-state index in [0.29, 0.717) is 29.0 Å². The molecule has 6 heteroatoms. The second-order valence-electron chi connectivity index (χ2n) is 7.72. The zero-order valence-electron chi connectivity index (χ0n) is 16.0. The molecular weight excluding hydrogens is 358 g/mol. The SMILES string of the molecule is CC(C)(C)N(Cc1ccc2c(c1)OCO2)C(=O)c1coc2ccccc2c1=O. The van der Waals surface area contributed by atoms with Gasteiger partial charge in [-0.3, -0.25) is 9.59 Å². The zero-order chi connectivity index (χ0) is 19.9. The number of carbonyl (C=O) groups excluding carboxylic acids is 1. The predicted octanol–water partition coefficient (Wildman–Crippen LogP) is 3.96. The Morgan fingerprint density at radius 1 is 1.07 bits per heavy atom. The lowest BCUT2D eigenvalue weighted by molar-refractivity contribution is 0.0555. The van der Waals surface area contributed by atoms with Crippen LogP contribution in [0.5, 0.6) is 11.5 Å². The Morgan fingerprint density at radius 3 is 2.61 bits per heavy atom. The highest BCUT2D eigenvalue weighted by Crippen LogP contribution is 2.33. The van der Waals surface area contributed by atoms with Crippen molar-refractivity contribution in [1.29, 1.82) is 0 Å². The summed E-state index contributed by atoms with van der Waals surface area (Å²) < 4.78 is 16.3. The summed E-state index contributed by atoms with van der Waals surface area (Å²) in [6.45, 7) is 6.31. The van der Waals surface area contributed by atoms with E-state index in [9.17, 15) is 9.59 Å².